The standard InChI is InChI=1S/C16H15ClN2O2/c1-11-7-8-14(18-15(20)10-17)13(9-11)16(19-21)12-5-3-2-4-6-12/h2-9,21H,10H2,1H3,(H,18,20)/b19-16-. The number of rotatable bonds is 4. The average Bonchev–Trinajstić information content (AvgIpc) is 2.51. The van der Waals surface area contributed by atoms with Crippen LogP contribution in [0, 0.1) is 6.92 Å². The third kappa shape index (κ3) is 3.61. The van der Waals surface area contributed by atoms with Gasteiger partial charge in [-0.15, -0.1) is 11.6 Å². The van der Waals surface area contributed by atoms with E-state index in [4.69, 9.17) is 11.6 Å². The third-order valence-electron chi connectivity index (χ3n) is 2.97. The third-order valence-corrected chi connectivity index (χ3v) is 3.22. The van der Waals surface area contributed by atoms with E-state index in [0.29, 0.717) is 17.0 Å². The molecule has 2 rings (SSSR count). The summed E-state index contributed by atoms with van der Waals surface area (Å²) in [7, 11) is 0. The number of anilines is 1. The molecule has 0 aliphatic heterocycles. The molecule has 0 aliphatic carbocycles. The number of amides is 1. The summed E-state index contributed by atoms with van der Waals surface area (Å²) in [5.41, 5.74) is 3.34. The molecule has 2 aromatic carbocycles. The lowest BCUT2D eigenvalue weighted by Gasteiger charge is -2.13. The predicted octanol–water partition coefficient (Wildman–Crippen LogP) is 3.40. The van der Waals surface area contributed by atoms with Crippen LogP contribution in [0.2, 0.25) is 0 Å². The number of halogens is 1. The van der Waals surface area contributed by atoms with Crippen LogP contribution in [0.15, 0.2) is 53.7 Å². The fraction of sp³-hybridized carbons (Fsp3) is 0.125. The van der Waals surface area contributed by atoms with Crippen molar-refractivity contribution >= 4 is 28.9 Å². The number of alkyl halides is 1. The first-order valence-corrected chi connectivity index (χ1v) is 6.93. The van der Waals surface area contributed by atoms with Gasteiger partial charge in [-0.1, -0.05) is 47.1 Å². The zero-order chi connectivity index (χ0) is 15.2. The van der Waals surface area contributed by atoms with Crippen molar-refractivity contribution in [1.29, 1.82) is 0 Å². The van der Waals surface area contributed by atoms with E-state index in [1.165, 1.54) is 0 Å². The largest absolute Gasteiger partial charge is 0.410 e. The Morgan fingerprint density at radius 3 is 2.57 bits per heavy atom. The SMILES string of the molecule is Cc1ccc(NC(=O)CCl)c(/C(=N\O)c2ccccc2)c1. The minimum atomic E-state index is -0.313. The highest BCUT2D eigenvalue weighted by molar-refractivity contribution is 6.29. The van der Waals surface area contributed by atoms with Crippen molar-refractivity contribution in [3.8, 4) is 0 Å². The lowest BCUT2D eigenvalue weighted by molar-refractivity contribution is -0.113. The van der Waals surface area contributed by atoms with Gasteiger partial charge in [-0.2, -0.15) is 0 Å². The van der Waals surface area contributed by atoms with Gasteiger partial charge < -0.3 is 10.5 Å². The van der Waals surface area contributed by atoms with Gasteiger partial charge in [-0.25, -0.2) is 0 Å². The normalized spacial score (nSPS) is 11.2. The van der Waals surface area contributed by atoms with E-state index in [0.717, 1.165) is 11.1 Å². The summed E-state index contributed by atoms with van der Waals surface area (Å²) >= 11 is 5.52. The topological polar surface area (TPSA) is 61.7 Å². The molecule has 0 spiro atoms. The molecule has 0 atom stereocenters. The number of carbonyl (C=O) groups is 1. The summed E-state index contributed by atoms with van der Waals surface area (Å²) < 4.78 is 0. The molecular weight excluding hydrogens is 288 g/mol. The molecule has 0 aromatic heterocycles. The highest BCUT2D eigenvalue weighted by Gasteiger charge is 2.14. The number of hydrogen-bond acceptors (Lipinski definition) is 3. The second kappa shape index (κ2) is 6.90. The number of hydrogen-bond donors (Lipinski definition) is 2. The van der Waals surface area contributed by atoms with E-state index in [9.17, 15) is 10.0 Å². The van der Waals surface area contributed by atoms with Crippen LogP contribution in [-0.2, 0) is 4.79 Å². The van der Waals surface area contributed by atoms with E-state index in [1.807, 2.05) is 49.4 Å². The molecule has 108 valence electrons. The fourth-order valence-electron chi connectivity index (χ4n) is 2.01. The van der Waals surface area contributed by atoms with Gasteiger partial charge in [-0.3, -0.25) is 4.79 Å². The molecule has 2 N–H and O–H groups in total. The van der Waals surface area contributed by atoms with E-state index in [1.54, 1.807) is 6.07 Å². The van der Waals surface area contributed by atoms with Crippen molar-refractivity contribution in [2.75, 3.05) is 11.2 Å². The summed E-state index contributed by atoms with van der Waals surface area (Å²) in [6.07, 6.45) is 0. The lowest BCUT2D eigenvalue weighted by atomic mass is 9.99. The summed E-state index contributed by atoms with van der Waals surface area (Å²) in [4.78, 5) is 11.5. The van der Waals surface area contributed by atoms with Gasteiger partial charge in [0.15, 0.2) is 0 Å². The van der Waals surface area contributed by atoms with Gasteiger partial charge in [0.1, 0.15) is 11.6 Å². The molecule has 5 heteroatoms. The smallest absolute Gasteiger partial charge is 0.239 e. The van der Waals surface area contributed by atoms with Crippen molar-refractivity contribution in [3.63, 3.8) is 0 Å². The van der Waals surface area contributed by atoms with Crippen molar-refractivity contribution in [2.24, 2.45) is 5.16 Å². The first-order valence-electron chi connectivity index (χ1n) is 6.40. The Bertz CT molecular complexity index is 669. The van der Waals surface area contributed by atoms with Crippen molar-refractivity contribution in [3.05, 3.63) is 65.2 Å². The molecule has 0 radical (unpaired) electrons. The first-order chi connectivity index (χ1) is 10.2. The van der Waals surface area contributed by atoms with Crippen LogP contribution in [-0.4, -0.2) is 22.7 Å². The Hall–Kier alpha value is -2.33. The highest BCUT2D eigenvalue weighted by Crippen LogP contribution is 2.22. The van der Waals surface area contributed by atoms with E-state index >= 15 is 0 Å². The maximum absolute atomic E-state index is 11.5. The first kappa shape index (κ1) is 15.1. The Morgan fingerprint density at radius 1 is 1.24 bits per heavy atom. The van der Waals surface area contributed by atoms with Gasteiger partial charge in [-0.05, 0) is 19.1 Å². The number of nitrogens with zero attached hydrogens (tertiary/aromatic N) is 1. The molecule has 0 saturated heterocycles. The second-order valence-electron chi connectivity index (χ2n) is 4.55. The minimum Gasteiger partial charge on any atom is -0.410 e. The Labute approximate surface area is 128 Å². The molecule has 0 saturated carbocycles. The van der Waals surface area contributed by atoms with Gasteiger partial charge in [0.2, 0.25) is 5.91 Å². The molecular formula is C16H15ClN2O2. The van der Waals surface area contributed by atoms with Gasteiger partial charge in [0, 0.05) is 11.1 Å². The number of benzene rings is 2. The van der Waals surface area contributed by atoms with Crippen LogP contribution in [0.25, 0.3) is 0 Å². The maximum atomic E-state index is 11.5. The van der Waals surface area contributed by atoms with Crippen LogP contribution in [0.5, 0.6) is 0 Å². The van der Waals surface area contributed by atoms with Crippen molar-refractivity contribution in [2.45, 2.75) is 6.92 Å². The summed E-state index contributed by atoms with van der Waals surface area (Å²) in [5.74, 6) is -0.448. The summed E-state index contributed by atoms with van der Waals surface area (Å²) in [6, 6.07) is 14.8. The molecule has 4 nitrogen and oxygen atoms in total. The number of nitrogens with one attached hydrogen (secondary N) is 1. The second-order valence-corrected chi connectivity index (χ2v) is 4.81. The Kier molecular flexibility index (Phi) is 4.95. The van der Waals surface area contributed by atoms with Crippen molar-refractivity contribution < 1.29 is 10.0 Å². The fourth-order valence-corrected chi connectivity index (χ4v) is 2.08. The molecule has 0 unspecified atom stereocenters. The quantitative estimate of drug-likeness (QED) is 0.393. The molecule has 0 fully saturated rings. The molecule has 21 heavy (non-hydrogen) atoms. The lowest BCUT2D eigenvalue weighted by Crippen LogP contribution is -2.16. The van der Waals surface area contributed by atoms with Crippen LogP contribution in [0.1, 0.15) is 16.7 Å². The molecule has 0 bridgehead atoms. The Morgan fingerprint density at radius 2 is 1.95 bits per heavy atom. The van der Waals surface area contributed by atoms with Crippen LogP contribution in [0.3, 0.4) is 0 Å². The zero-order valence-corrected chi connectivity index (χ0v) is 12.3. The van der Waals surface area contributed by atoms with Gasteiger partial charge in [0.05, 0.1) is 5.69 Å². The summed E-state index contributed by atoms with van der Waals surface area (Å²) in [6.45, 7) is 1.93. The molecule has 1 amide bonds. The van der Waals surface area contributed by atoms with Crippen LogP contribution >= 0.6 is 11.6 Å². The number of aryl methyl sites for hydroxylation is 1. The molecule has 0 heterocycles. The van der Waals surface area contributed by atoms with Gasteiger partial charge >= 0.3 is 0 Å². The zero-order valence-electron chi connectivity index (χ0n) is 11.5. The predicted molar refractivity (Wildman–Crippen MR) is 84.4 cm³/mol. The number of oxime groups is 1. The number of carbonyl (C=O) groups excluding carboxylic acids is 1. The maximum Gasteiger partial charge on any atom is 0.239 e. The highest BCUT2D eigenvalue weighted by atomic mass is 35.5. The van der Waals surface area contributed by atoms with E-state index < -0.39 is 0 Å². The molecule has 2 aromatic rings. The van der Waals surface area contributed by atoms with E-state index in [2.05, 4.69) is 10.5 Å². The van der Waals surface area contributed by atoms with E-state index in [-0.39, 0.29) is 11.8 Å². The Balaban J connectivity index is 2.50. The monoisotopic (exact) mass is 302 g/mol. The average molecular weight is 303 g/mol. The molecule has 0 aliphatic rings. The van der Waals surface area contributed by atoms with Crippen LogP contribution < -0.4 is 5.32 Å². The minimum absolute atomic E-state index is 0.135. The van der Waals surface area contributed by atoms with Crippen LogP contribution in [0.4, 0.5) is 5.69 Å². The van der Waals surface area contributed by atoms with Crippen molar-refractivity contribution in [1.82, 2.24) is 0 Å². The summed E-state index contributed by atoms with van der Waals surface area (Å²) in [5, 5.41) is 15.5. The van der Waals surface area contributed by atoms with Gasteiger partial charge in [0.25, 0.3) is 0 Å².